The Labute approximate surface area is 124 Å². The van der Waals surface area contributed by atoms with Gasteiger partial charge < -0.3 is 15.0 Å². The summed E-state index contributed by atoms with van der Waals surface area (Å²) in [6.45, 7) is 5.28. The highest BCUT2D eigenvalue weighted by Gasteiger charge is 2.18. The summed E-state index contributed by atoms with van der Waals surface area (Å²) in [5.74, 6) is -0.0680. The van der Waals surface area contributed by atoms with Crippen molar-refractivity contribution in [2.75, 3.05) is 26.7 Å². The van der Waals surface area contributed by atoms with Crippen LogP contribution in [0.15, 0.2) is 18.2 Å². The second kappa shape index (κ2) is 8.21. The van der Waals surface area contributed by atoms with E-state index in [1.165, 1.54) is 6.07 Å². The molecule has 7 nitrogen and oxygen atoms in total. The number of nitrogens with one attached hydrogen (secondary N) is 1. The predicted molar refractivity (Wildman–Crippen MR) is 79.3 cm³/mol. The number of amides is 1. The standard InChI is InChI=1S/C14H21N3O4/c1-4-16(5-2)14(18)10-21-13-8-11(9-15-3)6-7-12(13)17(19)20/h6-8,15H,4-5,9-10H2,1-3H3. The summed E-state index contributed by atoms with van der Waals surface area (Å²) >= 11 is 0. The van der Waals surface area contributed by atoms with E-state index in [1.54, 1.807) is 24.1 Å². The molecule has 0 spiro atoms. The Bertz CT molecular complexity index is 501. The second-order valence-corrected chi connectivity index (χ2v) is 4.44. The number of hydrogen-bond acceptors (Lipinski definition) is 5. The van der Waals surface area contributed by atoms with Gasteiger partial charge in [0.05, 0.1) is 4.92 Å². The molecule has 116 valence electrons. The first-order valence-corrected chi connectivity index (χ1v) is 6.85. The Morgan fingerprint density at radius 2 is 2.05 bits per heavy atom. The fraction of sp³-hybridized carbons (Fsp3) is 0.500. The van der Waals surface area contributed by atoms with Crippen molar-refractivity contribution in [3.05, 3.63) is 33.9 Å². The maximum Gasteiger partial charge on any atom is 0.310 e. The maximum absolute atomic E-state index is 11.9. The molecule has 1 N–H and O–H groups in total. The van der Waals surface area contributed by atoms with Crippen LogP contribution in [-0.4, -0.2) is 42.5 Å². The van der Waals surface area contributed by atoms with Crippen LogP contribution in [-0.2, 0) is 11.3 Å². The van der Waals surface area contributed by atoms with Gasteiger partial charge in [-0.25, -0.2) is 0 Å². The fourth-order valence-electron chi connectivity index (χ4n) is 1.95. The van der Waals surface area contributed by atoms with Crippen LogP contribution < -0.4 is 10.1 Å². The van der Waals surface area contributed by atoms with Gasteiger partial charge in [-0.1, -0.05) is 6.07 Å². The Balaban J connectivity index is 2.86. The van der Waals surface area contributed by atoms with E-state index in [1.807, 2.05) is 13.8 Å². The minimum absolute atomic E-state index is 0.119. The molecule has 0 aliphatic rings. The highest BCUT2D eigenvalue weighted by atomic mass is 16.6. The van der Waals surface area contributed by atoms with E-state index in [9.17, 15) is 14.9 Å². The van der Waals surface area contributed by atoms with Gasteiger partial charge in [-0.05, 0) is 32.5 Å². The molecule has 7 heteroatoms. The summed E-state index contributed by atoms with van der Waals surface area (Å²) in [6.07, 6.45) is 0. The summed E-state index contributed by atoms with van der Waals surface area (Å²) in [5, 5.41) is 14.0. The smallest absolute Gasteiger partial charge is 0.310 e. The summed E-state index contributed by atoms with van der Waals surface area (Å²) in [6, 6.07) is 4.64. The molecule has 0 unspecified atom stereocenters. The zero-order chi connectivity index (χ0) is 15.8. The van der Waals surface area contributed by atoms with Gasteiger partial charge in [-0.3, -0.25) is 14.9 Å². The third-order valence-electron chi connectivity index (χ3n) is 3.07. The van der Waals surface area contributed by atoms with Crippen molar-refractivity contribution in [3.63, 3.8) is 0 Å². The average molecular weight is 295 g/mol. The van der Waals surface area contributed by atoms with Crippen molar-refractivity contribution in [1.29, 1.82) is 0 Å². The number of carbonyl (C=O) groups excluding carboxylic acids is 1. The number of benzene rings is 1. The fourth-order valence-corrected chi connectivity index (χ4v) is 1.95. The molecule has 0 aliphatic carbocycles. The van der Waals surface area contributed by atoms with E-state index < -0.39 is 4.92 Å². The van der Waals surface area contributed by atoms with Crippen LogP contribution in [0.5, 0.6) is 5.75 Å². The Kier molecular flexibility index (Phi) is 6.61. The highest BCUT2D eigenvalue weighted by Crippen LogP contribution is 2.28. The van der Waals surface area contributed by atoms with Crippen LogP contribution in [0.1, 0.15) is 19.4 Å². The Morgan fingerprint density at radius 3 is 2.57 bits per heavy atom. The van der Waals surface area contributed by atoms with Crippen LogP contribution in [0.2, 0.25) is 0 Å². The summed E-state index contributed by atoms with van der Waals surface area (Å²) in [5.41, 5.74) is 0.718. The number of carbonyl (C=O) groups is 1. The second-order valence-electron chi connectivity index (χ2n) is 4.44. The number of hydrogen-bond donors (Lipinski definition) is 1. The first-order chi connectivity index (χ1) is 10.0. The molecule has 21 heavy (non-hydrogen) atoms. The molecule has 0 aromatic heterocycles. The zero-order valence-corrected chi connectivity index (χ0v) is 12.6. The van der Waals surface area contributed by atoms with Crippen LogP contribution in [0.3, 0.4) is 0 Å². The first-order valence-electron chi connectivity index (χ1n) is 6.85. The molecule has 0 saturated carbocycles. The number of nitro groups is 1. The lowest BCUT2D eigenvalue weighted by Gasteiger charge is -2.18. The van der Waals surface area contributed by atoms with Crippen LogP contribution in [0.4, 0.5) is 5.69 Å². The van der Waals surface area contributed by atoms with Gasteiger partial charge in [-0.2, -0.15) is 0 Å². The molecule has 0 fully saturated rings. The van der Waals surface area contributed by atoms with E-state index in [0.29, 0.717) is 19.6 Å². The van der Waals surface area contributed by atoms with E-state index in [4.69, 9.17) is 4.74 Å². The van der Waals surface area contributed by atoms with Gasteiger partial charge in [0.25, 0.3) is 5.91 Å². The van der Waals surface area contributed by atoms with E-state index in [0.717, 1.165) is 5.56 Å². The van der Waals surface area contributed by atoms with Crippen molar-refractivity contribution in [2.45, 2.75) is 20.4 Å². The number of ether oxygens (including phenoxy) is 1. The minimum atomic E-state index is -0.514. The first kappa shape index (κ1) is 16.9. The zero-order valence-electron chi connectivity index (χ0n) is 12.6. The molecule has 1 rings (SSSR count). The molecule has 0 aliphatic heterocycles. The van der Waals surface area contributed by atoms with Crippen molar-refractivity contribution in [3.8, 4) is 5.75 Å². The number of rotatable bonds is 8. The summed E-state index contributed by atoms with van der Waals surface area (Å²) in [7, 11) is 1.78. The lowest BCUT2D eigenvalue weighted by molar-refractivity contribution is -0.385. The quantitative estimate of drug-likeness (QED) is 0.581. The van der Waals surface area contributed by atoms with Gasteiger partial charge in [-0.15, -0.1) is 0 Å². The van der Waals surface area contributed by atoms with Crippen molar-refractivity contribution < 1.29 is 14.5 Å². The molecule has 0 radical (unpaired) electrons. The van der Waals surface area contributed by atoms with Gasteiger partial charge in [0.2, 0.25) is 0 Å². The molecule has 0 bridgehead atoms. The van der Waals surface area contributed by atoms with Gasteiger partial charge in [0.1, 0.15) is 0 Å². The van der Waals surface area contributed by atoms with Crippen molar-refractivity contribution in [2.24, 2.45) is 0 Å². The highest BCUT2D eigenvalue weighted by molar-refractivity contribution is 5.77. The molecule has 1 aromatic rings. The topological polar surface area (TPSA) is 84.7 Å². The lowest BCUT2D eigenvalue weighted by atomic mass is 10.2. The average Bonchev–Trinajstić information content (AvgIpc) is 2.46. The molecule has 1 amide bonds. The summed E-state index contributed by atoms with van der Waals surface area (Å²) < 4.78 is 5.37. The largest absolute Gasteiger partial charge is 0.477 e. The molecule has 1 aromatic carbocycles. The third kappa shape index (κ3) is 4.71. The van der Waals surface area contributed by atoms with Crippen molar-refractivity contribution in [1.82, 2.24) is 10.2 Å². The third-order valence-corrected chi connectivity index (χ3v) is 3.07. The number of nitrogens with zero attached hydrogens (tertiary/aromatic N) is 2. The normalized spacial score (nSPS) is 10.2. The van der Waals surface area contributed by atoms with E-state index in [2.05, 4.69) is 5.32 Å². The van der Waals surface area contributed by atoms with Crippen molar-refractivity contribution >= 4 is 11.6 Å². The molecular formula is C14H21N3O4. The monoisotopic (exact) mass is 295 g/mol. The minimum Gasteiger partial charge on any atom is -0.477 e. The molecule has 0 atom stereocenters. The van der Waals surface area contributed by atoms with Crippen LogP contribution in [0.25, 0.3) is 0 Å². The Morgan fingerprint density at radius 1 is 1.38 bits per heavy atom. The predicted octanol–water partition coefficient (Wildman–Crippen LogP) is 1.56. The van der Waals surface area contributed by atoms with Crippen LogP contribution >= 0.6 is 0 Å². The SMILES string of the molecule is CCN(CC)C(=O)COc1cc(CNC)ccc1[N+](=O)[O-]. The molecule has 0 heterocycles. The maximum atomic E-state index is 11.9. The number of nitro benzene ring substituents is 1. The van der Waals surface area contributed by atoms with Gasteiger partial charge >= 0.3 is 5.69 Å². The van der Waals surface area contributed by atoms with Gasteiger partial charge in [0, 0.05) is 25.7 Å². The van der Waals surface area contributed by atoms with Gasteiger partial charge in [0.15, 0.2) is 12.4 Å². The molecule has 0 saturated heterocycles. The lowest BCUT2D eigenvalue weighted by Crippen LogP contribution is -2.34. The molecular weight excluding hydrogens is 274 g/mol. The number of likely N-dealkylation sites (N-methyl/N-ethyl adjacent to an activating group) is 1. The summed E-state index contributed by atoms with van der Waals surface area (Å²) in [4.78, 5) is 24.0. The van der Waals surface area contributed by atoms with Crippen LogP contribution in [0, 0.1) is 10.1 Å². The van der Waals surface area contributed by atoms with E-state index >= 15 is 0 Å². The Hall–Kier alpha value is -2.15. The van der Waals surface area contributed by atoms with E-state index in [-0.39, 0.29) is 24.0 Å².